The molecule has 0 unspecified atom stereocenters. The van der Waals surface area contributed by atoms with Crippen molar-refractivity contribution < 1.29 is 9.53 Å². The summed E-state index contributed by atoms with van der Waals surface area (Å²) >= 11 is 5.04. The van der Waals surface area contributed by atoms with E-state index in [0.717, 1.165) is 59.0 Å². The van der Waals surface area contributed by atoms with Gasteiger partial charge in [0.1, 0.15) is 5.03 Å². The Bertz CT molecular complexity index is 812. The number of hydrogen-bond donors (Lipinski definition) is 1. The standard InChI is InChI=1S/C21H25BrN4O2S/c22-16-5-7-18(8-6-16)29-20-10-9-19(24-25-20)26-11-1-3-15(14-26)21(27)23-13-17-4-2-12-28-17/h5-10,15,17H,1-4,11-14H2,(H,23,27)/t15-,17-/m0/s1. The zero-order valence-electron chi connectivity index (χ0n) is 16.2. The van der Waals surface area contributed by atoms with Gasteiger partial charge in [-0.2, -0.15) is 0 Å². The highest BCUT2D eigenvalue weighted by Gasteiger charge is 2.27. The lowest BCUT2D eigenvalue weighted by molar-refractivity contribution is -0.125. The van der Waals surface area contributed by atoms with Gasteiger partial charge in [-0.05, 0) is 62.1 Å². The van der Waals surface area contributed by atoms with Crippen molar-refractivity contribution in [3.05, 3.63) is 40.9 Å². The molecule has 0 radical (unpaired) electrons. The quantitative estimate of drug-likeness (QED) is 0.681. The average molecular weight is 477 g/mol. The maximum absolute atomic E-state index is 12.6. The number of nitrogens with one attached hydrogen (secondary N) is 1. The second-order valence-electron chi connectivity index (χ2n) is 7.45. The number of amides is 1. The number of anilines is 1. The van der Waals surface area contributed by atoms with Gasteiger partial charge in [0.05, 0.1) is 12.0 Å². The Labute approximate surface area is 183 Å². The van der Waals surface area contributed by atoms with Crippen LogP contribution in [0.15, 0.2) is 50.8 Å². The fraction of sp³-hybridized carbons (Fsp3) is 0.476. The number of halogens is 1. The van der Waals surface area contributed by atoms with Crippen LogP contribution < -0.4 is 10.2 Å². The van der Waals surface area contributed by atoms with Crippen LogP contribution in [0.25, 0.3) is 0 Å². The van der Waals surface area contributed by atoms with E-state index >= 15 is 0 Å². The first kappa shape index (κ1) is 20.6. The monoisotopic (exact) mass is 476 g/mol. The molecule has 1 amide bonds. The van der Waals surface area contributed by atoms with Crippen molar-refractivity contribution in [3.8, 4) is 0 Å². The predicted molar refractivity (Wildman–Crippen MR) is 117 cm³/mol. The molecule has 2 atom stereocenters. The summed E-state index contributed by atoms with van der Waals surface area (Å²) in [6.07, 6.45) is 4.21. The first-order chi connectivity index (χ1) is 14.2. The van der Waals surface area contributed by atoms with E-state index in [9.17, 15) is 4.79 Å². The normalized spacial score (nSPS) is 21.9. The van der Waals surface area contributed by atoms with Gasteiger partial charge in [0, 0.05) is 35.6 Å². The Morgan fingerprint density at radius 2 is 2.03 bits per heavy atom. The van der Waals surface area contributed by atoms with Crippen molar-refractivity contribution >= 4 is 39.4 Å². The van der Waals surface area contributed by atoms with Gasteiger partial charge in [-0.3, -0.25) is 4.79 Å². The molecule has 29 heavy (non-hydrogen) atoms. The lowest BCUT2D eigenvalue weighted by atomic mass is 9.97. The number of hydrogen-bond acceptors (Lipinski definition) is 6. The van der Waals surface area contributed by atoms with Crippen LogP contribution in [0, 0.1) is 5.92 Å². The van der Waals surface area contributed by atoms with E-state index in [-0.39, 0.29) is 17.9 Å². The number of ether oxygens (including phenoxy) is 1. The third-order valence-corrected chi connectivity index (χ3v) is 6.77. The van der Waals surface area contributed by atoms with Crippen LogP contribution >= 0.6 is 27.7 Å². The Morgan fingerprint density at radius 3 is 2.76 bits per heavy atom. The molecule has 1 N–H and O–H groups in total. The van der Waals surface area contributed by atoms with Crippen molar-refractivity contribution in [2.45, 2.75) is 41.7 Å². The smallest absolute Gasteiger partial charge is 0.224 e. The van der Waals surface area contributed by atoms with E-state index in [0.29, 0.717) is 13.1 Å². The zero-order chi connectivity index (χ0) is 20.1. The molecule has 0 bridgehead atoms. The SMILES string of the molecule is O=C(NC[C@@H]1CCCO1)[C@H]1CCCN(c2ccc(Sc3ccc(Br)cc3)nn2)C1. The number of nitrogens with zero attached hydrogens (tertiary/aromatic N) is 3. The summed E-state index contributed by atoms with van der Waals surface area (Å²) in [5, 5.41) is 12.7. The highest BCUT2D eigenvalue weighted by Crippen LogP contribution is 2.28. The van der Waals surface area contributed by atoms with Gasteiger partial charge < -0.3 is 15.0 Å². The highest BCUT2D eigenvalue weighted by molar-refractivity contribution is 9.10. The molecule has 2 aliphatic heterocycles. The van der Waals surface area contributed by atoms with Gasteiger partial charge in [-0.1, -0.05) is 27.7 Å². The zero-order valence-corrected chi connectivity index (χ0v) is 18.6. The number of carbonyl (C=O) groups excluding carboxylic acids is 1. The Morgan fingerprint density at radius 1 is 1.17 bits per heavy atom. The van der Waals surface area contributed by atoms with E-state index in [1.54, 1.807) is 11.8 Å². The molecule has 4 rings (SSSR count). The molecule has 2 aromatic rings. The summed E-state index contributed by atoms with van der Waals surface area (Å²) in [6, 6.07) is 12.1. The summed E-state index contributed by atoms with van der Waals surface area (Å²) in [5.74, 6) is 0.950. The Balaban J connectivity index is 1.31. The first-order valence-corrected chi connectivity index (χ1v) is 11.7. The lowest BCUT2D eigenvalue weighted by Gasteiger charge is -2.32. The van der Waals surface area contributed by atoms with Crippen LogP contribution in [0.1, 0.15) is 25.7 Å². The molecule has 0 aliphatic carbocycles. The maximum Gasteiger partial charge on any atom is 0.224 e. The van der Waals surface area contributed by atoms with E-state index in [1.165, 1.54) is 0 Å². The fourth-order valence-electron chi connectivity index (χ4n) is 3.72. The van der Waals surface area contributed by atoms with Crippen molar-refractivity contribution in [2.24, 2.45) is 5.92 Å². The molecule has 8 heteroatoms. The molecule has 154 valence electrons. The molecule has 2 aliphatic rings. The molecule has 2 fully saturated rings. The summed E-state index contributed by atoms with van der Waals surface area (Å²) < 4.78 is 6.65. The van der Waals surface area contributed by atoms with Gasteiger partial charge in [0.15, 0.2) is 5.82 Å². The molecule has 0 spiro atoms. The van der Waals surface area contributed by atoms with Gasteiger partial charge in [-0.25, -0.2) is 0 Å². The number of benzene rings is 1. The van der Waals surface area contributed by atoms with E-state index in [4.69, 9.17) is 4.74 Å². The van der Waals surface area contributed by atoms with Crippen LogP contribution in [0.3, 0.4) is 0 Å². The van der Waals surface area contributed by atoms with Gasteiger partial charge in [-0.15, -0.1) is 10.2 Å². The molecule has 3 heterocycles. The van der Waals surface area contributed by atoms with Crippen molar-refractivity contribution in [3.63, 3.8) is 0 Å². The number of piperidine rings is 1. The second-order valence-corrected chi connectivity index (χ2v) is 9.46. The van der Waals surface area contributed by atoms with Crippen LogP contribution in [-0.4, -0.2) is 48.4 Å². The van der Waals surface area contributed by atoms with Crippen LogP contribution in [0.2, 0.25) is 0 Å². The molecular formula is C21H25BrN4O2S. The van der Waals surface area contributed by atoms with Crippen LogP contribution in [0.5, 0.6) is 0 Å². The van der Waals surface area contributed by atoms with Crippen LogP contribution in [-0.2, 0) is 9.53 Å². The fourth-order valence-corrected chi connectivity index (χ4v) is 4.72. The Kier molecular flexibility index (Phi) is 7.05. The van der Waals surface area contributed by atoms with Crippen molar-refractivity contribution in [1.29, 1.82) is 0 Å². The molecule has 0 saturated carbocycles. The highest BCUT2D eigenvalue weighted by atomic mass is 79.9. The molecule has 2 saturated heterocycles. The van der Waals surface area contributed by atoms with Gasteiger partial charge >= 0.3 is 0 Å². The van der Waals surface area contributed by atoms with Crippen molar-refractivity contribution in [2.75, 3.05) is 31.1 Å². The number of aromatic nitrogens is 2. The summed E-state index contributed by atoms with van der Waals surface area (Å²) in [4.78, 5) is 15.9. The third-order valence-electron chi connectivity index (χ3n) is 5.31. The van der Waals surface area contributed by atoms with Crippen LogP contribution in [0.4, 0.5) is 5.82 Å². The van der Waals surface area contributed by atoms with Gasteiger partial charge in [0.2, 0.25) is 5.91 Å². The Hall–Kier alpha value is -1.64. The minimum atomic E-state index is -0.0104. The number of carbonyl (C=O) groups is 1. The minimum absolute atomic E-state index is 0.0104. The first-order valence-electron chi connectivity index (χ1n) is 10.1. The minimum Gasteiger partial charge on any atom is -0.376 e. The van der Waals surface area contributed by atoms with Gasteiger partial charge in [0.25, 0.3) is 0 Å². The van der Waals surface area contributed by atoms with E-state index in [2.05, 4.69) is 48.5 Å². The summed E-state index contributed by atoms with van der Waals surface area (Å²) in [7, 11) is 0. The number of rotatable bonds is 6. The predicted octanol–water partition coefficient (Wildman–Crippen LogP) is 3.90. The summed E-state index contributed by atoms with van der Waals surface area (Å²) in [5.41, 5.74) is 0. The lowest BCUT2D eigenvalue weighted by Crippen LogP contribution is -2.45. The average Bonchev–Trinajstić information content (AvgIpc) is 3.28. The molecule has 1 aromatic carbocycles. The second kappa shape index (κ2) is 9.91. The molecular weight excluding hydrogens is 452 g/mol. The largest absolute Gasteiger partial charge is 0.376 e. The topological polar surface area (TPSA) is 67.3 Å². The summed E-state index contributed by atoms with van der Waals surface area (Å²) in [6.45, 7) is 3.03. The maximum atomic E-state index is 12.6. The third kappa shape index (κ3) is 5.71. The van der Waals surface area contributed by atoms with E-state index < -0.39 is 0 Å². The van der Waals surface area contributed by atoms with E-state index in [1.807, 2.05) is 24.3 Å². The molecule has 1 aromatic heterocycles. The molecule has 6 nitrogen and oxygen atoms in total. The van der Waals surface area contributed by atoms with Crippen molar-refractivity contribution in [1.82, 2.24) is 15.5 Å².